The molecule has 1 aliphatic carbocycles. The van der Waals surface area contributed by atoms with Gasteiger partial charge in [0.2, 0.25) is 5.91 Å². The number of fused-ring (bicyclic) bond motifs is 5. The molecule has 34 heavy (non-hydrogen) atoms. The van der Waals surface area contributed by atoms with Gasteiger partial charge in [0.1, 0.15) is 17.2 Å². The van der Waals surface area contributed by atoms with Gasteiger partial charge in [-0.25, -0.2) is 0 Å². The van der Waals surface area contributed by atoms with Crippen LogP contribution in [-0.4, -0.2) is 50.2 Å². The third kappa shape index (κ3) is 6.07. The number of carbonyl (C=O) groups is 2. The number of ether oxygens (including phenoxy) is 3. The van der Waals surface area contributed by atoms with E-state index in [2.05, 4.69) is 16.0 Å². The van der Waals surface area contributed by atoms with Gasteiger partial charge in [-0.2, -0.15) is 0 Å². The lowest BCUT2D eigenvalue weighted by Gasteiger charge is -2.32. The van der Waals surface area contributed by atoms with Gasteiger partial charge in [0.05, 0.1) is 25.4 Å². The molecule has 2 aromatic rings. The Morgan fingerprint density at radius 2 is 1.91 bits per heavy atom. The second kappa shape index (κ2) is 10.4. The largest absolute Gasteiger partial charge is 0.493 e. The average Bonchev–Trinajstić information content (AvgIpc) is 3.66. The number of hydrogen-bond acceptors (Lipinski definition) is 6. The predicted molar refractivity (Wildman–Crippen MR) is 126 cm³/mol. The van der Waals surface area contributed by atoms with Crippen molar-refractivity contribution in [3.63, 3.8) is 0 Å². The molecule has 2 unspecified atom stereocenters. The van der Waals surface area contributed by atoms with Gasteiger partial charge >= 0.3 is 0 Å². The van der Waals surface area contributed by atoms with Crippen molar-refractivity contribution in [2.75, 3.05) is 26.2 Å². The summed E-state index contributed by atoms with van der Waals surface area (Å²) < 4.78 is 18.3. The standard InChI is InChI=1S/C26H31N3O5/c30-25-7-9-28-26(31)19-11-21(32-15-17-4-5-17)13-22(12-19)34-20-3-1-2-18(10-20)16-33-24-6-8-27-14-23(24)29-25/h1-3,10-13,17,23-24,27H,4-9,14-16H2,(H,28,31)(H,29,30). The van der Waals surface area contributed by atoms with Gasteiger partial charge in [-0.3, -0.25) is 9.59 Å². The summed E-state index contributed by atoms with van der Waals surface area (Å²) in [6, 6.07) is 12.8. The molecule has 2 atom stereocenters. The Balaban J connectivity index is 1.40. The molecule has 1 saturated heterocycles. The molecular formula is C26H31N3O5. The zero-order chi connectivity index (χ0) is 23.3. The van der Waals surface area contributed by atoms with Crippen molar-refractivity contribution in [3.8, 4) is 17.2 Å². The van der Waals surface area contributed by atoms with Crippen LogP contribution in [0, 0.1) is 5.92 Å². The molecule has 2 fully saturated rings. The Bertz CT molecular complexity index is 1040. The minimum Gasteiger partial charge on any atom is -0.493 e. The highest BCUT2D eigenvalue weighted by Crippen LogP contribution is 2.32. The second-order valence-corrected chi connectivity index (χ2v) is 9.22. The Hall–Kier alpha value is -3.10. The molecule has 2 amide bonds. The molecule has 4 bridgehead atoms. The van der Waals surface area contributed by atoms with Crippen molar-refractivity contribution in [3.05, 3.63) is 53.6 Å². The summed E-state index contributed by atoms with van der Waals surface area (Å²) in [7, 11) is 0. The van der Waals surface area contributed by atoms with Crippen LogP contribution < -0.4 is 25.4 Å². The predicted octanol–water partition coefficient (Wildman–Crippen LogP) is 2.76. The number of rotatable bonds is 3. The van der Waals surface area contributed by atoms with Gasteiger partial charge in [0.25, 0.3) is 5.91 Å². The van der Waals surface area contributed by atoms with Gasteiger partial charge in [-0.15, -0.1) is 0 Å². The molecule has 1 saturated carbocycles. The highest BCUT2D eigenvalue weighted by Gasteiger charge is 2.27. The monoisotopic (exact) mass is 465 g/mol. The molecule has 0 spiro atoms. The molecule has 180 valence electrons. The van der Waals surface area contributed by atoms with E-state index in [1.807, 2.05) is 30.3 Å². The first-order valence-electron chi connectivity index (χ1n) is 12.1. The maximum Gasteiger partial charge on any atom is 0.251 e. The van der Waals surface area contributed by atoms with Crippen LogP contribution in [-0.2, 0) is 16.1 Å². The van der Waals surface area contributed by atoms with Crippen LogP contribution in [0.3, 0.4) is 0 Å². The molecule has 2 aromatic carbocycles. The molecule has 8 heteroatoms. The molecular weight excluding hydrogens is 434 g/mol. The van der Waals surface area contributed by atoms with Crippen molar-refractivity contribution in [1.82, 2.24) is 16.0 Å². The summed E-state index contributed by atoms with van der Waals surface area (Å²) >= 11 is 0. The summed E-state index contributed by atoms with van der Waals surface area (Å²) in [5.74, 6) is 1.99. The fourth-order valence-corrected chi connectivity index (χ4v) is 4.23. The third-order valence-electron chi connectivity index (χ3n) is 6.33. The maximum absolute atomic E-state index is 12.9. The summed E-state index contributed by atoms with van der Waals surface area (Å²) in [5.41, 5.74) is 1.41. The normalized spacial score (nSPS) is 23.5. The van der Waals surface area contributed by atoms with Crippen molar-refractivity contribution in [2.24, 2.45) is 5.92 Å². The van der Waals surface area contributed by atoms with Crippen LogP contribution in [0.5, 0.6) is 17.2 Å². The Labute approximate surface area is 199 Å². The number of piperidine rings is 1. The zero-order valence-corrected chi connectivity index (χ0v) is 19.2. The molecule has 2 aliphatic heterocycles. The molecule has 3 aliphatic rings. The lowest BCUT2D eigenvalue weighted by Crippen LogP contribution is -2.54. The molecule has 3 N–H and O–H groups in total. The SMILES string of the molecule is O=C1CCNC(=O)c2cc(OCC3CC3)cc(c2)Oc2cccc(c2)COC2CCNCC2N1. The van der Waals surface area contributed by atoms with Gasteiger partial charge < -0.3 is 30.2 Å². The molecule has 0 aromatic heterocycles. The Morgan fingerprint density at radius 3 is 2.79 bits per heavy atom. The fourth-order valence-electron chi connectivity index (χ4n) is 4.23. The van der Waals surface area contributed by atoms with Crippen LogP contribution in [0.25, 0.3) is 0 Å². The van der Waals surface area contributed by atoms with Crippen LogP contribution in [0.2, 0.25) is 0 Å². The van der Waals surface area contributed by atoms with E-state index in [1.165, 1.54) is 12.8 Å². The van der Waals surface area contributed by atoms with E-state index < -0.39 is 0 Å². The number of benzene rings is 2. The Morgan fingerprint density at radius 1 is 1.00 bits per heavy atom. The van der Waals surface area contributed by atoms with Crippen molar-refractivity contribution in [1.29, 1.82) is 0 Å². The van der Waals surface area contributed by atoms with Crippen LogP contribution in [0.1, 0.15) is 41.6 Å². The van der Waals surface area contributed by atoms with Gasteiger partial charge in [-0.1, -0.05) is 12.1 Å². The third-order valence-corrected chi connectivity index (χ3v) is 6.33. The van der Waals surface area contributed by atoms with Gasteiger partial charge in [0, 0.05) is 31.1 Å². The topological polar surface area (TPSA) is 97.9 Å². The summed E-state index contributed by atoms with van der Waals surface area (Å²) in [6.07, 6.45) is 3.28. The minimum atomic E-state index is -0.270. The van der Waals surface area contributed by atoms with E-state index in [9.17, 15) is 9.59 Å². The quantitative estimate of drug-likeness (QED) is 0.645. The van der Waals surface area contributed by atoms with Gasteiger partial charge in [-0.05, 0) is 61.6 Å². The van der Waals surface area contributed by atoms with E-state index in [1.54, 1.807) is 12.1 Å². The second-order valence-electron chi connectivity index (χ2n) is 9.22. The van der Waals surface area contributed by atoms with Crippen LogP contribution in [0.15, 0.2) is 42.5 Å². The molecule has 2 heterocycles. The molecule has 5 rings (SSSR count). The first-order valence-corrected chi connectivity index (χ1v) is 12.1. The smallest absolute Gasteiger partial charge is 0.251 e. The maximum atomic E-state index is 12.9. The van der Waals surface area contributed by atoms with E-state index in [4.69, 9.17) is 14.2 Å². The van der Waals surface area contributed by atoms with Crippen molar-refractivity contribution < 1.29 is 23.8 Å². The van der Waals surface area contributed by atoms with Crippen LogP contribution in [0.4, 0.5) is 0 Å². The first kappa shape index (κ1) is 22.7. The highest BCUT2D eigenvalue weighted by molar-refractivity contribution is 5.95. The number of carbonyl (C=O) groups excluding carboxylic acids is 2. The number of amides is 2. The Kier molecular flexibility index (Phi) is 6.97. The number of nitrogens with one attached hydrogen (secondary N) is 3. The van der Waals surface area contributed by atoms with E-state index in [0.29, 0.717) is 48.5 Å². The van der Waals surface area contributed by atoms with Crippen molar-refractivity contribution in [2.45, 2.75) is 44.4 Å². The lowest BCUT2D eigenvalue weighted by molar-refractivity contribution is -0.123. The minimum absolute atomic E-state index is 0.0822. The fraction of sp³-hybridized carbons (Fsp3) is 0.462. The number of hydrogen-bond donors (Lipinski definition) is 3. The van der Waals surface area contributed by atoms with E-state index >= 15 is 0 Å². The highest BCUT2D eigenvalue weighted by atomic mass is 16.5. The summed E-state index contributed by atoms with van der Waals surface area (Å²) in [4.78, 5) is 25.4. The molecule has 8 nitrogen and oxygen atoms in total. The summed E-state index contributed by atoms with van der Waals surface area (Å²) in [6.45, 7) is 2.79. The lowest BCUT2D eigenvalue weighted by atomic mass is 10.0. The summed E-state index contributed by atoms with van der Waals surface area (Å²) in [5, 5.41) is 9.21. The molecule has 0 radical (unpaired) electrons. The van der Waals surface area contributed by atoms with Crippen molar-refractivity contribution >= 4 is 11.8 Å². The van der Waals surface area contributed by atoms with Crippen LogP contribution >= 0.6 is 0 Å². The average molecular weight is 466 g/mol. The van der Waals surface area contributed by atoms with E-state index in [0.717, 1.165) is 18.5 Å². The van der Waals surface area contributed by atoms with E-state index in [-0.39, 0.29) is 36.9 Å². The first-order chi connectivity index (χ1) is 16.6. The van der Waals surface area contributed by atoms with Gasteiger partial charge in [0.15, 0.2) is 0 Å². The zero-order valence-electron chi connectivity index (χ0n) is 19.2.